The van der Waals surface area contributed by atoms with Gasteiger partial charge in [0.2, 0.25) is 5.91 Å². The van der Waals surface area contributed by atoms with Crippen LogP contribution >= 0.6 is 0 Å². The van der Waals surface area contributed by atoms with Crippen molar-refractivity contribution < 1.29 is 4.79 Å². The summed E-state index contributed by atoms with van der Waals surface area (Å²) in [5.41, 5.74) is 7.55. The fourth-order valence-electron chi connectivity index (χ4n) is 2.21. The van der Waals surface area contributed by atoms with Crippen LogP contribution in [0.3, 0.4) is 0 Å². The highest BCUT2D eigenvalue weighted by molar-refractivity contribution is 5.76. The van der Waals surface area contributed by atoms with Crippen LogP contribution in [0.2, 0.25) is 0 Å². The molecular formula is C16H22N4O. The largest absolute Gasteiger partial charge is 0.399 e. The number of aryl methyl sites for hydroxylation is 1. The average molecular weight is 286 g/mol. The molecule has 5 heteroatoms. The molecule has 1 aromatic carbocycles. The van der Waals surface area contributed by atoms with Gasteiger partial charge in [0, 0.05) is 38.6 Å². The Morgan fingerprint density at radius 2 is 2.05 bits per heavy atom. The van der Waals surface area contributed by atoms with Gasteiger partial charge < -0.3 is 15.2 Å². The first-order valence-electron chi connectivity index (χ1n) is 7.03. The first kappa shape index (κ1) is 15.1. The van der Waals surface area contributed by atoms with E-state index in [1.807, 2.05) is 49.1 Å². The molecule has 1 heterocycles. The molecule has 0 radical (unpaired) electrons. The highest BCUT2D eigenvalue weighted by Crippen LogP contribution is 2.21. The zero-order valence-electron chi connectivity index (χ0n) is 12.8. The van der Waals surface area contributed by atoms with Gasteiger partial charge in [0.25, 0.3) is 0 Å². The summed E-state index contributed by atoms with van der Waals surface area (Å²) in [6.07, 6.45) is 4.10. The number of nitrogens with two attached hydrogens (primary N) is 1. The molecule has 112 valence electrons. The Morgan fingerprint density at radius 3 is 2.62 bits per heavy atom. The average Bonchev–Trinajstić information content (AvgIpc) is 2.84. The van der Waals surface area contributed by atoms with E-state index in [4.69, 9.17) is 5.73 Å². The second kappa shape index (κ2) is 6.43. The minimum absolute atomic E-state index is 0.113. The lowest BCUT2D eigenvalue weighted by Crippen LogP contribution is -2.28. The summed E-state index contributed by atoms with van der Waals surface area (Å²) < 4.78 is 1.92. The highest BCUT2D eigenvalue weighted by Gasteiger charge is 2.16. The van der Waals surface area contributed by atoms with Crippen molar-refractivity contribution >= 4 is 11.6 Å². The summed E-state index contributed by atoms with van der Waals surface area (Å²) in [5.74, 6) is 1.16. The lowest BCUT2D eigenvalue weighted by molar-refractivity contribution is -0.130. The lowest BCUT2D eigenvalue weighted by atomic mass is 9.97. The normalized spacial score (nSPS) is 12.1. The molecule has 2 rings (SSSR count). The predicted molar refractivity (Wildman–Crippen MR) is 83.6 cm³/mol. The Kier molecular flexibility index (Phi) is 4.62. The second-order valence-electron chi connectivity index (χ2n) is 5.48. The number of amides is 1. The molecule has 1 aromatic heterocycles. The molecule has 0 saturated heterocycles. The number of carbonyl (C=O) groups is 1. The van der Waals surface area contributed by atoms with Crippen molar-refractivity contribution in [3.05, 3.63) is 48.0 Å². The van der Waals surface area contributed by atoms with E-state index in [1.165, 1.54) is 0 Å². The molecule has 21 heavy (non-hydrogen) atoms. The Bertz CT molecular complexity index is 603. The van der Waals surface area contributed by atoms with Crippen LogP contribution in [0.4, 0.5) is 5.69 Å². The molecule has 0 bridgehead atoms. The monoisotopic (exact) mass is 286 g/mol. The van der Waals surface area contributed by atoms with Crippen molar-refractivity contribution in [2.75, 3.05) is 12.8 Å². The molecule has 0 aliphatic rings. The maximum Gasteiger partial charge on any atom is 0.223 e. The molecule has 1 amide bonds. The van der Waals surface area contributed by atoms with Crippen LogP contribution < -0.4 is 5.73 Å². The van der Waals surface area contributed by atoms with Crippen molar-refractivity contribution in [1.82, 2.24) is 14.5 Å². The van der Waals surface area contributed by atoms with E-state index < -0.39 is 0 Å². The minimum Gasteiger partial charge on any atom is -0.399 e. The third kappa shape index (κ3) is 3.84. The maximum absolute atomic E-state index is 12.3. The molecule has 0 saturated carbocycles. The Labute approximate surface area is 125 Å². The first-order chi connectivity index (χ1) is 9.97. The lowest BCUT2D eigenvalue weighted by Gasteiger charge is -2.19. The van der Waals surface area contributed by atoms with Gasteiger partial charge in [-0.15, -0.1) is 0 Å². The minimum atomic E-state index is 0.113. The number of nitrogen functional groups attached to an aromatic ring is 1. The van der Waals surface area contributed by atoms with Crippen LogP contribution in [0.5, 0.6) is 0 Å². The number of hydrogen-bond donors (Lipinski definition) is 1. The number of benzene rings is 1. The van der Waals surface area contributed by atoms with Crippen molar-refractivity contribution in [2.45, 2.75) is 25.8 Å². The molecular weight excluding hydrogens is 264 g/mol. The summed E-state index contributed by atoms with van der Waals surface area (Å²) in [4.78, 5) is 18.3. The molecule has 0 aliphatic carbocycles. The topological polar surface area (TPSA) is 64.2 Å². The summed E-state index contributed by atoms with van der Waals surface area (Å²) in [6.45, 7) is 2.58. The highest BCUT2D eigenvalue weighted by atomic mass is 16.2. The number of nitrogens with zero attached hydrogens (tertiary/aromatic N) is 3. The van der Waals surface area contributed by atoms with Crippen LogP contribution in [-0.2, 0) is 18.4 Å². The molecule has 2 aromatic rings. The van der Waals surface area contributed by atoms with Crippen molar-refractivity contribution in [3.63, 3.8) is 0 Å². The first-order valence-corrected chi connectivity index (χ1v) is 7.03. The van der Waals surface area contributed by atoms with Gasteiger partial charge in [-0.3, -0.25) is 4.79 Å². The fraction of sp³-hybridized carbons (Fsp3) is 0.375. The van der Waals surface area contributed by atoms with Crippen molar-refractivity contribution in [3.8, 4) is 0 Å². The zero-order chi connectivity index (χ0) is 15.4. The van der Waals surface area contributed by atoms with Crippen LogP contribution in [0.25, 0.3) is 0 Å². The Morgan fingerprint density at radius 1 is 1.38 bits per heavy atom. The Hall–Kier alpha value is -2.30. The van der Waals surface area contributed by atoms with Crippen LogP contribution in [-0.4, -0.2) is 27.4 Å². The van der Waals surface area contributed by atoms with Crippen LogP contribution in [0, 0.1) is 0 Å². The van der Waals surface area contributed by atoms with Crippen molar-refractivity contribution in [2.24, 2.45) is 7.05 Å². The van der Waals surface area contributed by atoms with Gasteiger partial charge in [0.05, 0.1) is 6.54 Å². The standard InChI is InChI=1S/C16H22N4O/c1-12(13-4-6-14(17)7-5-13)10-16(21)20(3)11-15-18-8-9-19(15)2/h4-9,12H,10-11,17H2,1-3H3. The number of aromatic nitrogens is 2. The summed E-state index contributed by atoms with van der Waals surface area (Å²) in [6, 6.07) is 7.69. The predicted octanol–water partition coefficient (Wildman–Crippen LogP) is 2.15. The van der Waals surface area contributed by atoms with E-state index >= 15 is 0 Å². The van der Waals surface area contributed by atoms with E-state index in [1.54, 1.807) is 11.1 Å². The Balaban J connectivity index is 1.94. The van der Waals surface area contributed by atoms with E-state index in [2.05, 4.69) is 11.9 Å². The fourth-order valence-corrected chi connectivity index (χ4v) is 2.21. The van der Waals surface area contributed by atoms with Gasteiger partial charge in [-0.2, -0.15) is 0 Å². The molecule has 5 nitrogen and oxygen atoms in total. The number of hydrogen-bond acceptors (Lipinski definition) is 3. The van der Waals surface area contributed by atoms with Crippen LogP contribution in [0.1, 0.15) is 30.7 Å². The van der Waals surface area contributed by atoms with E-state index in [0.29, 0.717) is 13.0 Å². The summed E-state index contributed by atoms with van der Waals surface area (Å²) in [5, 5.41) is 0. The van der Waals surface area contributed by atoms with E-state index in [-0.39, 0.29) is 11.8 Å². The molecule has 2 N–H and O–H groups in total. The second-order valence-corrected chi connectivity index (χ2v) is 5.48. The van der Waals surface area contributed by atoms with E-state index in [9.17, 15) is 4.79 Å². The number of anilines is 1. The van der Waals surface area contributed by atoms with Gasteiger partial charge in [-0.05, 0) is 23.6 Å². The third-order valence-corrected chi connectivity index (χ3v) is 3.71. The summed E-state index contributed by atoms with van der Waals surface area (Å²) >= 11 is 0. The van der Waals surface area contributed by atoms with Gasteiger partial charge in [0.15, 0.2) is 0 Å². The zero-order valence-corrected chi connectivity index (χ0v) is 12.8. The SMILES string of the molecule is CC(CC(=O)N(C)Cc1nccn1C)c1ccc(N)cc1. The maximum atomic E-state index is 12.3. The van der Waals surface area contributed by atoms with Crippen molar-refractivity contribution in [1.29, 1.82) is 0 Å². The molecule has 0 aliphatic heterocycles. The van der Waals surface area contributed by atoms with E-state index in [0.717, 1.165) is 17.1 Å². The quantitative estimate of drug-likeness (QED) is 0.857. The van der Waals surface area contributed by atoms with Crippen LogP contribution in [0.15, 0.2) is 36.7 Å². The molecule has 0 fully saturated rings. The third-order valence-electron chi connectivity index (χ3n) is 3.71. The number of carbonyl (C=O) groups excluding carboxylic acids is 1. The molecule has 1 unspecified atom stereocenters. The van der Waals surface area contributed by atoms with Gasteiger partial charge in [-0.1, -0.05) is 19.1 Å². The molecule has 1 atom stereocenters. The molecule has 0 spiro atoms. The smallest absolute Gasteiger partial charge is 0.223 e. The van der Waals surface area contributed by atoms with Gasteiger partial charge in [-0.25, -0.2) is 4.98 Å². The summed E-state index contributed by atoms with van der Waals surface area (Å²) in [7, 11) is 3.74. The van der Waals surface area contributed by atoms with Gasteiger partial charge >= 0.3 is 0 Å². The van der Waals surface area contributed by atoms with Gasteiger partial charge in [0.1, 0.15) is 5.82 Å². The number of imidazole rings is 1. The number of rotatable bonds is 5.